The molecular formula is C19H19BrClNO2. The number of aliphatic carboxylic acids is 1. The van der Waals surface area contributed by atoms with Crippen LogP contribution in [0.25, 0.3) is 0 Å². The van der Waals surface area contributed by atoms with E-state index in [0.29, 0.717) is 12.8 Å². The van der Waals surface area contributed by atoms with Crippen LogP contribution in [-0.4, -0.2) is 29.1 Å². The van der Waals surface area contributed by atoms with Crippen molar-refractivity contribution in [3.63, 3.8) is 0 Å². The van der Waals surface area contributed by atoms with Crippen molar-refractivity contribution in [2.75, 3.05) is 13.1 Å². The number of piperidine rings is 1. The van der Waals surface area contributed by atoms with Crippen molar-refractivity contribution in [3.05, 3.63) is 69.2 Å². The molecule has 0 amide bonds. The molecule has 5 heteroatoms. The molecule has 1 heterocycles. The van der Waals surface area contributed by atoms with Gasteiger partial charge >= 0.3 is 5.97 Å². The highest BCUT2D eigenvalue weighted by atomic mass is 79.9. The molecule has 2 aromatic carbocycles. The lowest BCUT2D eigenvalue weighted by atomic mass is 9.91. The van der Waals surface area contributed by atoms with Gasteiger partial charge in [0.15, 0.2) is 0 Å². The first kappa shape index (κ1) is 17.5. The van der Waals surface area contributed by atoms with Gasteiger partial charge in [0.1, 0.15) is 0 Å². The average molecular weight is 409 g/mol. The Kier molecular flexibility index (Phi) is 5.59. The van der Waals surface area contributed by atoms with Gasteiger partial charge in [0.2, 0.25) is 0 Å². The number of nitrogens with zero attached hydrogens (tertiary/aromatic N) is 1. The third-order valence-corrected chi connectivity index (χ3v) is 5.50. The molecule has 24 heavy (non-hydrogen) atoms. The fourth-order valence-electron chi connectivity index (χ4n) is 3.33. The van der Waals surface area contributed by atoms with Crippen LogP contribution in [0, 0.1) is 5.92 Å². The summed E-state index contributed by atoms with van der Waals surface area (Å²) in [7, 11) is 0. The Morgan fingerprint density at radius 3 is 2.33 bits per heavy atom. The topological polar surface area (TPSA) is 40.5 Å². The molecule has 0 aromatic heterocycles. The van der Waals surface area contributed by atoms with Crippen molar-refractivity contribution >= 4 is 33.5 Å². The maximum absolute atomic E-state index is 11.2. The van der Waals surface area contributed by atoms with Crippen molar-refractivity contribution in [2.24, 2.45) is 5.92 Å². The number of carboxylic acid groups (broad SMARTS) is 1. The Bertz CT molecular complexity index is 712. The predicted molar refractivity (Wildman–Crippen MR) is 99.4 cm³/mol. The molecule has 1 aliphatic rings. The number of carboxylic acids is 1. The van der Waals surface area contributed by atoms with E-state index < -0.39 is 5.97 Å². The lowest BCUT2D eigenvalue weighted by molar-refractivity contribution is -0.143. The van der Waals surface area contributed by atoms with E-state index in [1.54, 1.807) is 0 Å². The summed E-state index contributed by atoms with van der Waals surface area (Å²) in [5.41, 5.74) is 2.23. The number of likely N-dealkylation sites (tertiary alicyclic amines) is 1. The quantitative estimate of drug-likeness (QED) is 0.775. The standard InChI is InChI=1S/C19H19BrClNO2/c20-15-7-5-13(6-8-15)18(16-3-1-2-4-17(16)21)22-11-9-14(10-12-22)19(23)24/h1-8,14,18H,9-12H2,(H,23,24). The summed E-state index contributed by atoms with van der Waals surface area (Å²) in [5, 5.41) is 9.97. The monoisotopic (exact) mass is 407 g/mol. The van der Waals surface area contributed by atoms with Crippen molar-refractivity contribution < 1.29 is 9.90 Å². The summed E-state index contributed by atoms with van der Waals surface area (Å²) < 4.78 is 1.04. The molecule has 0 spiro atoms. The van der Waals surface area contributed by atoms with Crippen LogP contribution in [0.15, 0.2) is 53.0 Å². The van der Waals surface area contributed by atoms with Crippen LogP contribution in [-0.2, 0) is 4.79 Å². The fraction of sp³-hybridized carbons (Fsp3) is 0.316. The third-order valence-electron chi connectivity index (χ3n) is 4.63. The summed E-state index contributed by atoms with van der Waals surface area (Å²) in [6, 6.07) is 16.2. The van der Waals surface area contributed by atoms with E-state index in [0.717, 1.165) is 28.1 Å². The average Bonchev–Trinajstić information content (AvgIpc) is 2.59. The highest BCUT2D eigenvalue weighted by molar-refractivity contribution is 9.10. The summed E-state index contributed by atoms with van der Waals surface area (Å²) in [6.45, 7) is 1.51. The lowest BCUT2D eigenvalue weighted by Crippen LogP contribution is -2.39. The number of hydrogen-bond donors (Lipinski definition) is 1. The molecule has 1 saturated heterocycles. The molecule has 1 fully saturated rings. The molecule has 3 rings (SSSR count). The molecule has 1 unspecified atom stereocenters. The molecule has 0 radical (unpaired) electrons. The van der Waals surface area contributed by atoms with E-state index in [9.17, 15) is 9.90 Å². The summed E-state index contributed by atoms with van der Waals surface area (Å²) in [5.74, 6) is -0.925. The van der Waals surface area contributed by atoms with Crippen LogP contribution in [0.4, 0.5) is 0 Å². The van der Waals surface area contributed by atoms with Gasteiger partial charge in [-0.05, 0) is 55.3 Å². The Morgan fingerprint density at radius 2 is 1.75 bits per heavy atom. The molecule has 0 bridgehead atoms. The van der Waals surface area contributed by atoms with Gasteiger partial charge in [-0.1, -0.05) is 57.9 Å². The number of carbonyl (C=O) groups is 1. The summed E-state index contributed by atoms with van der Waals surface area (Å²) in [4.78, 5) is 13.6. The van der Waals surface area contributed by atoms with Crippen LogP contribution in [0.1, 0.15) is 30.0 Å². The van der Waals surface area contributed by atoms with E-state index in [1.165, 1.54) is 5.56 Å². The van der Waals surface area contributed by atoms with Crippen LogP contribution in [0.5, 0.6) is 0 Å². The fourth-order valence-corrected chi connectivity index (χ4v) is 3.84. The number of hydrogen-bond acceptors (Lipinski definition) is 2. The van der Waals surface area contributed by atoms with E-state index in [2.05, 4.69) is 39.0 Å². The Labute approximate surface area is 155 Å². The second-order valence-corrected chi connectivity index (χ2v) is 7.45. The van der Waals surface area contributed by atoms with Gasteiger partial charge in [0, 0.05) is 9.50 Å². The summed E-state index contributed by atoms with van der Waals surface area (Å²) in [6.07, 6.45) is 1.35. The third kappa shape index (κ3) is 3.82. The zero-order valence-electron chi connectivity index (χ0n) is 13.2. The van der Waals surface area contributed by atoms with Crippen molar-refractivity contribution in [2.45, 2.75) is 18.9 Å². The van der Waals surface area contributed by atoms with Crippen molar-refractivity contribution in [1.82, 2.24) is 4.90 Å². The first-order chi connectivity index (χ1) is 11.6. The van der Waals surface area contributed by atoms with E-state index in [4.69, 9.17) is 11.6 Å². The first-order valence-corrected chi connectivity index (χ1v) is 9.20. The zero-order chi connectivity index (χ0) is 17.1. The van der Waals surface area contributed by atoms with Gasteiger partial charge < -0.3 is 5.11 Å². The SMILES string of the molecule is O=C(O)C1CCN(C(c2ccc(Br)cc2)c2ccccc2Cl)CC1. The highest BCUT2D eigenvalue weighted by Crippen LogP contribution is 2.36. The zero-order valence-corrected chi connectivity index (χ0v) is 15.5. The van der Waals surface area contributed by atoms with Gasteiger partial charge in [-0.3, -0.25) is 9.69 Å². The molecule has 1 atom stereocenters. The normalized spacial score (nSPS) is 17.6. The van der Waals surface area contributed by atoms with Crippen molar-refractivity contribution in [1.29, 1.82) is 0 Å². The molecule has 0 aliphatic carbocycles. The molecule has 1 aliphatic heterocycles. The molecule has 1 N–H and O–H groups in total. The minimum atomic E-state index is -0.687. The molecule has 2 aromatic rings. The molecular weight excluding hydrogens is 390 g/mol. The molecule has 126 valence electrons. The molecule has 3 nitrogen and oxygen atoms in total. The van der Waals surface area contributed by atoms with E-state index in [1.807, 2.05) is 30.3 Å². The van der Waals surface area contributed by atoms with Gasteiger partial charge in [-0.25, -0.2) is 0 Å². The number of halogens is 2. The largest absolute Gasteiger partial charge is 0.481 e. The number of benzene rings is 2. The Morgan fingerprint density at radius 1 is 1.12 bits per heavy atom. The van der Waals surface area contributed by atoms with Crippen LogP contribution < -0.4 is 0 Å². The minimum Gasteiger partial charge on any atom is -0.481 e. The Hall–Kier alpha value is -1.36. The maximum Gasteiger partial charge on any atom is 0.306 e. The second-order valence-electron chi connectivity index (χ2n) is 6.12. The first-order valence-electron chi connectivity index (χ1n) is 8.03. The van der Waals surface area contributed by atoms with Crippen molar-refractivity contribution in [3.8, 4) is 0 Å². The van der Waals surface area contributed by atoms with Crippen LogP contribution >= 0.6 is 27.5 Å². The number of rotatable bonds is 4. The molecule has 0 saturated carbocycles. The van der Waals surface area contributed by atoms with Gasteiger partial charge in [-0.2, -0.15) is 0 Å². The van der Waals surface area contributed by atoms with Gasteiger partial charge in [-0.15, -0.1) is 0 Å². The second kappa shape index (κ2) is 7.68. The van der Waals surface area contributed by atoms with E-state index >= 15 is 0 Å². The van der Waals surface area contributed by atoms with Crippen LogP contribution in [0.3, 0.4) is 0 Å². The van der Waals surface area contributed by atoms with E-state index in [-0.39, 0.29) is 12.0 Å². The van der Waals surface area contributed by atoms with Crippen LogP contribution in [0.2, 0.25) is 5.02 Å². The lowest BCUT2D eigenvalue weighted by Gasteiger charge is -2.37. The summed E-state index contributed by atoms with van der Waals surface area (Å²) >= 11 is 9.95. The maximum atomic E-state index is 11.2. The van der Waals surface area contributed by atoms with Gasteiger partial charge in [0.25, 0.3) is 0 Å². The highest BCUT2D eigenvalue weighted by Gasteiger charge is 2.30. The Balaban J connectivity index is 1.93. The smallest absolute Gasteiger partial charge is 0.306 e. The minimum absolute atomic E-state index is 0.0431. The predicted octanol–water partition coefficient (Wildman–Crippen LogP) is 4.99. The van der Waals surface area contributed by atoms with Gasteiger partial charge in [0.05, 0.1) is 12.0 Å².